The van der Waals surface area contributed by atoms with E-state index in [0.29, 0.717) is 0 Å². The SMILES string of the molecule is Cl.O=C(NC1CCNCC1)c1ccccc1F. The molecular formula is C12H16ClFN2O. The Labute approximate surface area is 106 Å². The van der Waals surface area contributed by atoms with Crippen molar-refractivity contribution in [3.8, 4) is 0 Å². The van der Waals surface area contributed by atoms with Crippen LogP contribution in [0.25, 0.3) is 0 Å². The van der Waals surface area contributed by atoms with E-state index < -0.39 is 5.82 Å². The summed E-state index contributed by atoms with van der Waals surface area (Å²) in [6.45, 7) is 1.81. The van der Waals surface area contributed by atoms with Gasteiger partial charge >= 0.3 is 0 Å². The molecule has 17 heavy (non-hydrogen) atoms. The molecule has 1 aliphatic heterocycles. The fraction of sp³-hybridized carbons (Fsp3) is 0.417. The standard InChI is InChI=1S/C12H15FN2O.ClH/c13-11-4-2-1-3-10(11)12(16)15-9-5-7-14-8-6-9;/h1-4,9,14H,5-8H2,(H,15,16);1H. The van der Waals surface area contributed by atoms with Crippen molar-refractivity contribution in [2.45, 2.75) is 18.9 Å². The molecule has 2 N–H and O–H groups in total. The molecule has 0 radical (unpaired) electrons. The minimum Gasteiger partial charge on any atom is -0.349 e. The summed E-state index contributed by atoms with van der Waals surface area (Å²) in [5.74, 6) is -0.779. The van der Waals surface area contributed by atoms with Crippen molar-refractivity contribution in [1.29, 1.82) is 0 Å². The van der Waals surface area contributed by atoms with E-state index >= 15 is 0 Å². The Morgan fingerprint density at radius 3 is 2.59 bits per heavy atom. The molecule has 5 heteroatoms. The fourth-order valence-electron chi connectivity index (χ4n) is 1.87. The number of nitrogens with one attached hydrogen (secondary N) is 2. The number of rotatable bonds is 2. The van der Waals surface area contributed by atoms with Crippen molar-refractivity contribution in [1.82, 2.24) is 10.6 Å². The number of amides is 1. The summed E-state index contributed by atoms with van der Waals surface area (Å²) >= 11 is 0. The predicted octanol–water partition coefficient (Wildman–Crippen LogP) is 1.73. The molecule has 1 fully saturated rings. The Bertz CT molecular complexity index is 381. The van der Waals surface area contributed by atoms with Crippen LogP contribution in [0.1, 0.15) is 23.2 Å². The molecule has 0 atom stereocenters. The topological polar surface area (TPSA) is 41.1 Å². The first-order valence-corrected chi connectivity index (χ1v) is 5.53. The third kappa shape index (κ3) is 3.68. The highest BCUT2D eigenvalue weighted by atomic mass is 35.5. The van der Waals surface area contributed by atoms with Crippen LogP contribution in [0.3, 0.4) is 0 Å². The lowest BCUT2D eigenvalue weighted by molar-refractivity contribution is 0.0925. The molecule has 1 aliphatic rings. The summed E-state index contributed by atoms with van der Waals surface area (Å²) in [7, 11) is 0. The highest BCUT2D eigenvalue weighted by molar-refractivity contribution is 5.94. The number of piperidine rings is 1. The Hall–Kier alpha value is -1.13. The zero-order valence-corrected chi connectivity index (χ0v) is 10.2. The molecule has 0 saturated carbocycles. The van der Waals surface area contributed by atoms with Crippen LogP contribution < -0.4 is 10.6 Å². The van der Waals surface area contributed by atoms with Crippen molar-refractivity contribution in [3.63, 3.8) is 0 Å². The van der Waals surface area contributed by atoms with Gasteiger partial charge in [-0.05, 0) is 38.1 Å². The maximum Gasteiger partial charge on any atom is 0.254 e. The van der Waals surface area contributed by atoms with Crippen LogP contribution in [0.5, 0.6) is 0 Å². The summed E-state index contributed by atoms with van der Waals surface area (Å²) in [5, 5.41) is 6.07. The van der Waals surface area contributed by atoms with Gasteiger partial charge in [-0.2, -0.15) is 0 Å². The lowest BCUT2D eigenvalue weighted by atomic mass is 10.1. The fourth-order valence-corrected chi connectivity index (χ4v) is 1.87. The number of benzene rings is 1. The van der Waals surface area contributed by atoms with Crippen LogP contribution in [-0.2, 0) is 0 Å². The first-order valence-electron chi connectivity index (χ1n) is 5.53. The third-order valence-corrected chi connectivity index (χ3v) is 2.79. The molecule has 94 valence electrons. The van der Waals surface area contributed by atoms with Crippen molar-refractivity contribution in [2.75, 3.05) is 13.1 Å². The number of carbonyl (C=O) groups excluding carboxylic acids is 1. The second-order valence-electron chi connectivity index (χ2n) is 3.98. The molecule has 3 nitrogen and oxygen atoms in total. The molecule has 1 amide bonds. The van der Waals surface area contributed by atoms with Crippen molar-refractivity contribution in [2.24, 2.45) is 0 Å². The zero-order chi connectivity index (χ0) is 11.4. The van der Waals surface area contributed by atoms with E-state index in [4.69, 9.17) is 0 Å². The lowest BCUT2D eigenvalue weighted by Crippen LogP contribution is -2.42. The summed E-state index contributed by atoms with van der Waals surface area (Å²) < 4.78 is 13.3. The van der Waals surface area contributed by atoms with E-state index in [2.05, 4.69) is 10.6 Å². The minimum atomic E-state index is -0.464. The van der Waals surface area contributed by atoms with Gasteiger partial charge in [0.2, 0.25) is 0 Å². The van der Waals surface area contributed by atoms with Gasteiger partial charge in [-0.1, -0.05) is 12.1 Å². The van der Waals surface area contributed by atoms with E-state index in [0.717, 1.165) is 25.9 Å². The quantitative estimate of drug-likeness (QED) is 0.848. The monoisotopic (exact) mass is 258 g/mol. The Kier molecular flexibility index (Phi) is 5.38. The molecule has 0 bridgehead atoms. The van der Waals surface area contributed by atoms with E-state index in [9.17, 15) is 9.18 Å². The van der Waals surface area contributed by atoms with Crippen molar-refractivity contribution >= 4 is 18.3 Å². The Morgan fingerprint density at radius 1 is 1.29 bits per heavy atom. The van der Waals surface area contributed by atoms with Gasteiger partial charge in [-0.25, -0.2) is 4.39 Å². The normalized spacial score (nSPS) is 16.1. The molecule has 0 unspecified atom stereocenters. The molecule has 0 aliphatic carbocycles. The lowest BCUT2D eigenvalue weighted by Gasteiger charge is -2.23. The van der Waals surface area contributed by atoms with Crippen LogP contribution in [0.15, 0.2) is 24.3 Å². The molecular weight excluding hydrogens is 243 g/mol. The zero-order valence-electron chi connectivity index (χ0n) is 9.41. The Balaban J connectivity index is 0.00000144. The van der Waals surface area contributed by atoms with Crippen LogP contribution in [-0.4, -0.2) is 25.0 Å². The van der Waals surface area contributed by atoms with Crippen LogP contribution in [0.4, 0.5) is 4.39 Å². The molecule has 1 aromatic rings. The second-order valence-corrected chi connectivity index (χ2v) is 3.98. The third-order valence-electron chi connectivity index (χ3n) is 2.79. The van der Waals surface area contributed by atoms with Crippen LogP contribution in [0.2, 0.25) is 0 Å². The van der Waals surface area contributed by atoms with Gasteiger partial charge < -0.3 is 10.6 Å². The summed E-state index contributed by atoms with van der Waals surface area (Å²) in [5.41, 5.74) is 0.126. The maximum atomic E-state index is 13.3. The first kappa shape index (κ1) is 13.9. The van der Waals surface area contributed by atoms with E-state index in [-0.39, 0.29) is 29.9 Å². The maximum absolute atomic E-state index is 13.3. The van der Waals surface area contributed by atoms with Gasteiger partial charge in [-0.15, -0.1) is 12.4 Å². The van der Waals surface area contributed by atoms with Gasteiger partial charge in [0, 0.05) is 6.04 Å². The minimum absolute atomic E-state index is 0. The van der Waals surface area contributed by atoms with E-state index in [1.165, 1.54) is 12.1 Å². The number of hydrogen-bond acceptors (Lipinski definition) is 2. The van der Waals surface area contributed by atoms with Gasteiger partial charge in [0.1, 0.15) is 5.82 Å². The molecule has 1 saturated heterocycles. The highest BCUT2D eigenvalue weighted by Crippen LogP contribution is 2.08. The Morgan fingerprint density at radius 2 is 1.94 bits per heavy atom. The average molecular weight is 259 g/mol. The smallest absolute Gasteiger partial charge is 0.254 e. The molecule has 2 rings (SSSR count). The van der Waals surface area contributed by atoms with Gasteiger partial charge in [0.05, 0.1) is 5.56 Å². The summed E-state index contributed by atoms with van der Waals surface area (Å²) in [6, 6.07) is 6.22. The molecule has 1 heterocycles. The summed E-state index contributed by atoms with van der Waals surface area (Å²) in [6.07, 6.45) is 1.81. The van der Waals surface area contributed by atoms with E-state index in [1.807, 2.05) is 0 Å². The van der Waals surface area contributed by atoms with Gasteiger partial charge in [0.15, 0.2) is 0 Å². The number of hydrogen-bond donors (Lipinski definition) is 2. The van der Waals surface area contributed by atoms with Crippen molar-refractivity contribution in [3.05, 3.63) is 35.6 Å². The summed E-state index contributed by atoms with van der Waals surface area (Å²) in [4.78, 5) is 11.8. The largest absolute Gasteiger partial charge is 0.349 e. The van der Waals surface area contributed by atoms with Crippen LogP contribution in [0, 0.1) is 5.82 Å². The number of halogens is 2. The molecule has 1 aromatic carbocycles. The second kappa shape index (κ2) is 6.57. The molecule has 0 spiro atoms. The molecule has 0 aromatic heterocycles. The van der Waals surface area contributed by atoms with Gasteiger partial charge in [-0.3, -0.25) is 4.79 Å². The van der Waals surface area contributed by atoms with Gasteiger partial charge in [0.25, 0.3) is 5.91 Å². The van der Waals surface area contributed by atoms with Crippen LogP contribution >= 0.6 is 12.4 Å². The average Bonchev–Trinajstić information content (AvgIpc) is 2.31. The highest BCUT2D eigenvalue weighted by Gasteiger charge is 2.17. The first-order chi connectivity index (χ1) is 7.77. The van der Waals surface area contributed by atoms with Crippen molar-refractivity contribution < 1.29 is 9.18 Å². The van der Waals surface area contributed by atoms with E-state index in [1.54, 1.807) is 12.1 Å². The number of carbonyl (C=O) groups is 1. The predicted molar refractivity (Wildman–Crippen MR) is 67.0 cm³/mol.